The van der Waals surface area contributed by atoms with Crippen molar-refractivity contribution in [3.63, 3.8) is 0 Å². The van der Waals surface area contributed by atoms with Gasteiger partial charge < -0.3 is 4.90 Å². The maximum absolute atomic E-state index is 12.6. The number of piperidine rings is 1. The number of aromatic nitrogens is 2. The van der Waals surface area contributed by atoms with Crippen LogP contribution in [0.5, 0.6) is 0 Å². The number of thiazole rings is 1. The average molecular weight is 504 g/mol. The minimum atomic E-state index is -3.85. The molecule has 1 saturated carbocycles. The standard InChI is InChI=1S/C23H26ClN5O2S2/c1-28(20-10-25-22(9-19(20)24)33(30,31)27-21-14-32-15-26-21)23-17-7-8-18(23)13-29(12-17)11-16-5-3-2-4-6-16/h2-6,9-10,14-15,17-18,23,27H,7-8,11-13H2,1H3/t17-,18+,23+. The second kappa shape index (κ2) is 9.21. The van der Waals surface area contributed by atoms with Crippen molar-refractivity contribution < 1.29 is 8.42 Å². The smallest absolute Gasteiger partial charge is 0.280 e. The molecule has 10 heteroatoms. The number of likely N-dealkylation sites (tertiary alicyclic amines) is 1. The Balaban J connectivity index is 1.30. The number of anilines is 2. The summed E-state index contributed by atoms with van der Waals surface area (Å²) in [6.07, 6.45) is 3.97. The molecule has 0 amide bonds. The van der Waals surface area contributed by atoms with E-state index in [2.05, 4.69) is 54.8 Å². The Hall–Kier alpha value is -2.20. The Kier molecular flexibility index (Phi) is 6.30. The number of rotatable bonds is 7. The third-order valence-electron chi connectivity index (χ3n) is 6.69. The molecule has 2 fully saturated rings. The van der Waals surface area contributed by atoms with Crippen LogP contribution in [0.4, 0.5) is 11.5 Å². The van der Waals surface area contributed by atoms with E-state index in [4.69, 9.17) is 11.6 Å². The van der Waals surface area contributed by atoms with Crippen LogP contribution in [-0.4, -0.2) is 49.5 Å². The molecule has 174 valence electrons. The highest BCUT2D eigenvalue weighted by atomic mass is 35.5. The summed E-state index contributed by atoms with van der Waals surface area (Å²) in [5, 5.41) is 1.90. The number of benzene rings is 1. The van der Waals surface area contributed by atoms with Gasteiger partial charge >= 0.3 is 0 Å². The zero-order valence-electron chi connectivity index (χ0n) is 18.3. The van der Waals surface area contributed by atoms with Crippen LogP contribution in [-0.2, 0) is 16.6 Å². The van der Waals surface area contributed by atoms with Crippen molar-refractivity contribution in [2.75, 3.05) is 29.8 Å². The highest BCUT2D eigenvalue weighted by Crippen LogP contribution is 2.42. The molecule has 0 radical (unpaired) electrons. The Morgan fingerprint density at radius 2 is 1.91 bits per heavy atom. The number of halogens is 1. The van der Waals surface area contributed by atoms with Gasteiger partial charge in [-0.05, 0) is 36.3 Å². The number of fused-ring (bicyclic) bond motifs is 2. The summed E-state index contributed by atoms with van der Waals surface area (Å²) in [5.74, 6) is 1.37. The Morgan fingerprint density at radius 3 is 2.55 bits per heavy atom. The predicted octanol–water partition coefficient (Wildman–Crippen LogP) is 4.34. The van der Waals surface area contributed by atoms with Crippen LogP contribution in [0.25, 0.3) is 0 Å². The summed E-state index contributed by atoms with van der Waals surface area (Å²) in [6, 6.07) is 12.4. The maximum atomic E-state index is 12.6. The highest BCUT2D eigenvalue weighted by Gasteiger charge is 2.44. The van der Waals surface area contributed by atoms with E-state index in [1.807, 2.05) is 7.05 Å². The largest absolute Gasteiger partial charge is 0.369 e. The molecular weight excluding hydrogens is 478 g/mol. The fraction of sp³-hybridized carbons (Fsp3) is 0.391. The van der Waals surface area contributed by atoms with E-state index in [9.17, 15) is 8.42 Å². The van der Waals surface area contributed by atoms with Crippen molar-refractivity contribution >= 4 is 44.5 Å². The lowest BCUT2D eigenvalue weighted by molar-refractivity contribution is 0.138. The van der Waals surface area contributed by atoms with Gasteiger partial charge in [0.2, 0.25) is 0 Å². The molecule has 5 rings (SSSR count). The Bertz CT molecular complexity index is 1190. The van der Waals surface area contributed by atoms with E-state index in [-0.39, 0.29) is 10.8 Å². The molecule has 2 aromatic heterocycles. The fourth-order valence-corrected chi connectivity index (χ4v) is 7.18. The molecule has 2 aliphatic rings. The topological polar surface area (TPSA) is 78.4 Å². The van der Waals surface area contributed by atoms with Gasteiger partial charge in [-0.1, -0.05) is 41.9 Å². The van der Waals surface area contributed by atoms with Gasteiger partial charge in [-0.25, -0.2) is 9.97 Å². The van der Waals surface area contributed by atoms with Crippen molar-refractivity contribution in [2.45, 2.75) is 30.5 Å². The molecule has 3 aromatic rings. The lowest BCUT2D eigenvalue weighted by atomic mass is 9.90. The summed E-state index contributed by atoms with van der Waals surface area (Å²) in [4.78, 5) is 13.0. The van der Waals surface area contributed by atoms with Gasteiger partial charge in [0, 0.05) is 38.1 Å². The Morgan fingerprint density at radius 1 is 1.18 bits per heavy atom. The predicted molar refractivity (Wildman–Crippen MR) is 132 cm³/mol. The van der Waals surface area contributed by atoms with Gasteiger partial charge in [-0.15, -0.1) is 11.3 Å². The number of nitrogens with one attached hydrogen (secondary N) is 1. The SMILES string of the molecule is CN(c1cnc(S(=O)(=O)Nc2cscn2)cc1Cl)[C@H]1[C@@H]2CC[C@H]1CN(Cc1ccccc1)C2. The highest BCUT2D eigenvalue weighted by molar-refractivity contribution is 7.92. The van der Waals surface area contributed by atoms with E-state index in [0.29, 0.717) is 22.9 Å². The molecule has 3 heterocycles. The zero-order valence-corrected chi connectivity index (χ0v) is 20.7. The third-order valence-corrected chi connectivity index (χ3v) is 8.83. The molecule has 2 bridgehead atoms. The number of sulfonamides is 1. The molecule has 0 spiro atoms. The monoisotopic (exact) mass is 503 g/mol. The lowest BCUT2D eigenvalue weighted by Gasteiger charge is -2.43. The number of hydrogen-bond acceptors (Lipinski definition) is 7. The van der Waals surface area contributed by atoms with Crippen molar-refractivity contribution in [1.29, 1.82) is 0 Å². The molecule has 0 unspecified atom stereocenters. The normalized spacial score (nSPS) is 22.9. The summed E-state index contributed by atoms with van der Waals surface area (Å²) in [7, 11) is -1.80. The van der Waals surface area contributed by atoms with Crippen LogP contribution < -0.4 is 9.62 Å². The zero-order chi connectivity index (χ0) is 23.0. The molecule has 1 saturated heterocycles. The van der Waals surface area contributed by atoms with Gasteiger partial charge in [-0.2, -0.15) is 8.42 Å². The van der Waals surface area contributed by atoms with Crippen LogP contribution in [0.3, 0.4) is 0 Å². The van der Waals surface area contributed by atoms with E-state index >= 15 is 0 Å². The maximum Gasteiger partial charge on any atom is 0.280 e. The molecular formula is C23H26ClN5O2S2. The lowest BCUT2D eigenvalue weighted by Crippen LogP contribution is -2.51. The van der Waals surface area contributed by atoms with Crippen molar-refractivity contribution in [3.05, 3.63) is 64.1 Å². The van der Waals surface area contributed by atoms with E-state index in [1.54, 1.807) is 17.1 Å². The quantitative estimate of drug-likeness (QED) is 0.516. The van der Waals surface area contributed by atoms with Crippen LogP contribution in [0.2, 0.25) is 5.02 Å². The van der Waals surface area contributed by atoms with Crippen molar-refractivity contribution in [1.82, 2.24) is 14.9 Å². The van der Waals surface area contributed by atoms with Crippen LogP contribution in [0.1, 0.15) is 18.4 Å². The average Bonchev–Trinajstić information content (AvgIpc) is 3.39. The summed E-state index contributed by atoms with van der Waals surface area (Å²) >= 11 is 7.90. The minimum absolute atomic E-state index is 0.113. The van der Waals surface area contributed by atoms with Gasteiger partial charge in [0.25, 0.3) is 10.0 Å². The number of pyridine rings is 1. The van der Waals surface area contributed by atoms with E-state index in [1.165, 1.54) is 35.8 Å². The first kappa shape index (κ1) is 22.6. The first-order valence-electron chi connectivity index (χ1n) is 11.0. The van der Waals surface area contributed by atoms with E-state index < -0.39 is 10.0 Å². The first-order valence-corrected chi connectivity index (χ1v) is 13.8. The molecule has 33 heavy (non-hydrogen) atoms. The molecule has 1 aliphatic heterocycles. The fourth-order valence-electron chi connectivity index (χ4n) is 5.32. The second-order valence-electron chi connectivity index (χ2n) is 8.83. The van der Waals surface area contributed by atoms with Gasteiger partial charge in [0.05, 0.1) is 22.4 Å². The van der Waals surface area contributed by atoms with Crippen molar-refractivity contribution in [3.8, 4) is 0 Å². The summed E-state index contributed by atoms with van der Waals surface area (Å²) < 4.78 is 27.7. The molecule has 1 aliphatic carbocycles. The van der Waals surface area contributed by atoms with Crippen LogP contribution in [0, 0.1) is 11.8 Å². The third kappa shape index (κ3) is 4.73. The van der Waals surface area contributed by atoms with Crippen molar-refractivity contribution in [2.24, 2.45) is 11.8 Å². The number of hydrogen-bond donors (Lipinski definition) is 1. The first-order chi connectivity index (χ1) is 15.9. The molecule has 1 N–H and O–H groups in total. The van der Waals surface area contributed by atoms with Gasteiger partial charge in [-0.3, -0.25) is 9.62 Å². The molecule has 1 aromatic carbocycles. The molecule has 3 atom stereocenters. The second-order valence-corrected chi connectivity index (χ2v) is 11.6. The number of nitrogens with zero attached hydrogens (tertiary/aromatic N) is 4. The van der Waals surface area contributed by atoms with Gasteiger partial charge in [0.15, 0.2) is 10.8 Å². The van der Waals surface area contributed by atoms with Crippen LogP contribution >= 0.6 is 22.9 Å². The minimum Gasteiger partial charge on any atom is -0.369 e. The van der Waals surface area contributed by atoms with Gasteiger partial charge in [0.1, 0.15) is 0 Å². The Labute approximate surface area is 203 Å². The van der Waals surface area contributed by atoms with Crippen LogP contribution in [0.15, 0.2) is 58.5 Å². The van der Waals surface area contributed by atoms with E-state index in [0.717, 1.165) is 25.3 Å². The summed E-state index contributed by atoms with van der Waals surface area (Å²) in [5.41, 5.74) is 3.68. The summed E-state index contributed by atoms with van der Waals surface area (Å²) in [6.45, 7) is 3.08. The molecule has 7 nitrogen and oxygen atoms in total.